The summed E-state index contributed by atoms with van der Waals surface area (Å²) in [6.45, 7) is 0. The standard InChI is InChI=1S/CH4.2CH3.3K/h1H4;2*1H3;;;/q;2*-1;3*+1. The Kier molecular flexibility index (Phi) is 242. The van der Waals surface area contributed by atoms with E-state index in [0.717, 1.165) is 0 Å². The molecule has 0 unspecified atom stereocenters. The maximum atomic E-state index is 0. The van der Waals surface area contributed by atoms with Crippen LogP contribution < -0.4 is 154 Å². The van der Waals surface area contributed by atoms with Gasteiger partial charge in [-0.3, -0.25) is 0 Å². The number of rotatable bonds is 0. The third kappa shape index (κ3) is 23.1. The second-order valence-electron chi connectivity index (χ2n) is 0. The summed E-state index contributed by atoms with van der Waals surface area (Å²) < 4.78 is 0. The molecule has 0 bridgehead atoms. The summed E-state index contributed by atoms with van der Waals surface area (Å²) in [5, 5.41) is 0. The Morgan fingerprint density at radius 3 is 0.500 bits per heavy atom. The third-order valence-corrected chi connectivity index (χ3v) is 0. The predicted octanol–water partition coefficient (Wildman–Crippen LogP) is -7.45. The van der Waals surface area contributed by atoms with Crippen molar-refractivity contribution >= 4 is 0 Å². The molecule has 0 aromatic heterocycles. The van der Waals surface area contributed by atoms with E-state index in [4.69, 9.17) is 0 Å². The average Bonchev–Trinajstić information content (AvgIpc) is 0. The van der Waals surface area contributed by atoms with Crippen LogP contribution in [0.2, 0.25) is 0 Å². The molecule has 3 heteroatoms. The van der Waals surface area contributed by atoms with Gasteiger partial charge in [0.15, 0.2) is 0 Å². The Hall–Kier alpha value is 4.91. The molecule has 0 saturated heterocycles. The van der Waals surface area contributed by atoms with Crippen LogP contribution in [0.4, 0.5) is 0 Å². The average molecular weight is 163 g/mol. The predicted molar refractivity (Wildman–Crippen MR) is 19.6 cm³/mol. The van der Waals surface area contributed by atoms with E-state index in [1.54, 1.807) is 0 Å². The van der Waals surface area contributed by atoms with Gasteiger partial charge in [0, 0.05) is 0 Å². The molecule has 6 heavy (non-hydrogen) atoms. The Morgan fingerprint density at radius 1 is 0.500 bits per heavy atom. The Morgan fingerprint density at radius 2 is 0.500 bits per heavy atom. The molecule has 0 aliphatic carbocycles. The van der Waals surface area contributed by atoms with Gasteiger partial charge < -0.3 is 14.9 Å². The minimum absolute atomic E-state index is 0. The Balaban J connectivity index is 0. The first-order valence-electron chi connectivity index (χ1n) is 0. The largest absolute Gasteiger partial charge is 1.00 e. The molecule has 0 N–H and O–H groups in total. The monoisotopic (exact) mass is 163 g/mol. The van der Waals surface area contributed by atoms with Crippen molar-refractivity contribution in [3.05, 3.63) is 14.9 Å². The number of hydrogen-bond acceptors (Lipinski definition) is 0. The summed E-state index contributed by atoms with van der Waals surface area (Å²) >= 11 is 0. The molecule has 24 valence electrons. The normalized spacial score (nSPS) is 0. The van der Waals surface area contributed by atoms with Crippen LogP contribution in [-0.4, -0.2) is 0 Å². The molecule has 0 radical (unpaired) electrons. The first kappa shape index (κ1) is 44.4. The fraction of sp³-hybridized carbons (Fsp3) is 0.333. The van der Waals surface area contributed by atoms with E-state index in [0.29, 0.717) is 0 Å². The van der Waals surface area contributed by atoms with Crippen molar-refractivity contribution in [3.63, 3.8) is 0 Å². The van der Waals surface area contributed by atoms with Gasteiger partial charge >= 0.3 is 154 Å². The van der Waals surface area contributed by atoms with Crippen LogP contribution in [0, 0.1) is 14.9 Å². The fourth-order valence-electron chi connectivity index (χ4n) is 0. The maximum absolute atomic E-state index is 0. The first-order chi connectivity index (χ1) is 0. The topological polar surface area (TPSA) is 0 Å². The van der Waals surface area contributed by atoms with Gasteiger partial charge in [-0.25, -0.2) is 0 Å². The summed E-state index contributed by atoms with van der Waals surface area (Å²) in [5.74, 6) is 0. The molecule has 0 aromatic carbocycles. The van der Waals surface area contributed by atoms with Crippen molar-refractivity contribution in [2.24, 2.45) is 0 Å². The fourth-order valence-corrected chi connectivity index (χ4v) is 0. The summed E-state index contributed by atoms with van der Waals surface area (Å²) in [5.41, 5.74) is 0. The molecule has 0 rings (SSSR count). The van der Waals surface area contributed by atoms with Gasteiger partial charge in [0.2, 0.25) is 0 Å². The SMILES string of the molecule is C.[CH3-].[CH3-].[K+].[K+].[K+]. The Labute approximate surface area is 170 Å². The van der Waals surface area contributed by atoms with Gasteiger partial charge in [0.1, 0.15) is 0 Å². The van der Waals surface area contributed by atoms with E-state index >= 15 is 0 Å². The zero-order valence-corrected chi connectivity index (χ0v) is 14.4. The summed E-state index contributed by atoms with van der Waals surface area (Å²) in [6.07, 6.45) is 0. The van der Waals surface area contributed by atoms with E-state index in [2.05, 4.69) is 0 Å². The zero-order valence-electron chi connectivity index (χ0n) is 5.00. The molecule has 0 aliphatic rings. The van der Waals surface area contributed by atoms with Crippen molar-refractivity contribution in [1.82, 2.24) is 0 Å². The maximum Gasteiger partial charge on any atom is 1.00 e. The van der Waals surface area contributed by atoms with Crippen LogP contribution in [0.15, 0.2) is 0 Å². The summed E-state index contributed by atoms with van der Waals surface area (Å²) in [6, 6.07) is 0. The van der Waals surface area contributed by atoms with Crippen molar-refractivity contribution in [2.45, 2.75) is 7.43 Å². The van der Waals surface area contributed by atoms with Crippen molar-refractivity contribution in [2.75, 3.05) is 0 Å². The smallest absolute Gasteiger partial charge is 0.358 e. The van der Waals surface area contributed by atoms with Gasteiger partial charge in [0.05, 0.1) is 0 Å². The molecular weight excluding hydrogens is 153 g/mol. The van der Waals surface area contributed by atoms with Crippen LogP contribution in [0.25, 0.3) is 0 Å². The zero-order chi connectivity index (χ0) is 0. The molecule has 0 nitrogen and oxygen atoms in total. The van der Waals surface area contributed by atoms with Crippen molar-refractivity contribution in [1.29, 1.82) is 0 Å². The van der Waals surface area contributed by atoms with Crippen LogP contribution in [-0.2, 0) is 0 Å². The second kappa shape index (κ2) is 32.6. The van der Waals surface area contributed by atoms with Crippen LogP contribution in [0.1, 0.15) is 7.43 Å². The molecule has 0 spiro atoms. The second-order valence-corrected chi connectivity index (χ2v) is 0. The number of hydrogen-bond donors (Lipinski definition) is 0. The Bertz CT molecular complexity index is 6.00. The van der Waals surface area contributed by atoms with E-state index in [-0.39, 0.29) is 176 Å². The van der Waals surface area contributed by atoms with Crippen molar-refractivity contribution < 1.29 is 154 Å². The van der Waals surface area contributed by atoms with Gasteiger partial charge in [-0.15, -0.1) is 0 Å². The van der Waals surface area contributed by atoms with Gasteiger partial charge in [-0.1, -0.05) is 7.43 Å². The molecule has 0 saturated carbocycles. The van der Waals surface area contributed by atoms with E-state index in [9.17, 15) is 0 Å². The van der Waals surface area contributed by atoms with Gasteiger partial charge in [-0.05, 0) is 0 Å². The molecule has 0 amide bonds. The van der Waals surface area contributed by atoms with Crippen LogP contribution >= 0.6 is 0 Å². The summed E-state index contributed by atoms with van der Waals surface area (Å²) in [7, 11) is 0. The molecule has 0 fully saturated rings. The summed E-state index contributed by atoms with van der Waals surface area (Å²) in [4.78, 5) is 0. The van der Waals surface area contributed by atoms with Gasteiger partial charge in [-0.2, -0.15) is 0 Å². The van der Waals surface area contributed by atoms with E-state index in [1.165, 1.54) is 0 Å². The molecule has 0 atom stereocenters. The van der Waals surface area contributed by atoms with Gasteiger partial charge in [0.25, 0.3) is 0 Å². The van der Waals surface area contributed by atoms with Crippen LogP contribution in [0.3, 0.4) is 0 Å². The molecule has 0 aliphatic heterocycles. The van der Waals surface area contributed by atoms with Crippen LogP contribution in [0.5, 0.6) is 0 Å². The molecule has 0 aromatic rings. The minimum atomic E-state index is 0. The third-order valence-electron chi connectivity index (χ3n) is 0. The van der Waals surface area contributed by atoms with E-state index in [1.807, 2.05) is 0 Å². The first-order valence-corrected chi connectivity index (χ1v) is 0. The molecule has 0 heterocycles. The molecular formula is C3H10K3+. The van der Waals surface area contributed by atoms with E-state index < -0.39 is 0 Å². The van der Waals surface area contributed by atoms with Crippen molar-refractivity contribution in [3.8, 4) is 0 Å². The minimum Gasteiger partial charge on any atom is -0.358 e. The quantitative estimate of drug-likeness (QED) is 0.246.